The molecule has 1 fully saturated rings. The lowest BCUT2D eigenvalue weighted by molar-refractivity contribution is -0.0498. The van der Waals surface area contributed by atoms with Gasteiger partial charge < -0.3 is 4.74 Å². The molecule has 0 atom stereocenters. The quantitative estimate of drug-likeness (QED) is 0.485. The first kappa shape index (κ1) is 19.8. The fraction of sp³-hybridized carbons (Fsp3) is 0.391. The largest absolute Gasteiger partial charge is 0.435 e. The van der Waals surface area contributed by atoms with Crippen LogP contribution in [0.5, 0.6) is 5.75 Å². The van der Waals surface area contributed by atoms with E-state index in [4.69, 9.17) is 0 Å². The van der Waals surface area contributed by atoms with Crippen molar-refractivity contribution in [3.05, 3.63) is 65.9 Å². The lowest BCUT2D eigenvalue weighted by atomic mass is 9.93. The zero-order chi connectivity index (χ0) is 19.1. The molecule has 1 aliphatic rings. The van der Waals surface area contributed by atoms with Gasteiger partial charge in [0, 0.05) is 0 Å². The van der Waals surface area contributed by atoms with Crippen molar-refractivity contribution in [3.63, 3.8) is 0 Å². The highest BCUT2D eigenvalue weighted by atomic mass is 28.3. The van der Waals surface area contributed by atoms with E-state index >= 15 is 0 Å². The number of benzene rings is 2. The van der Waals surface area contributed by atoms with E-state index in [0.717, 1.165) is 23.5 Å². The second-order valence-electron chi connectivity index (χ2n) is 7.45. The Kier molecular flexibility index (Phi) is 7.22. The third kappa shape index (κ3) is 6.03. The Balaban J connectivity index is 1.50. The first-order valence-electron chi connectivity index (χ1n) is 9.91. The van der Waals surface area contributed by atoms with Crippen LogP contribution >= 0.6 is 0 Å². The van der Waals surface area contributed by atoms with Gasteiger partial charge in [0.1, 0.15) is 5.75 Å². The predicted molar refractivity (Wildman–Crippen MR) is 111 cm³/mol. The van der Waals surface area contributed by atoms with Gasteiger partial charge in [0.15, 0.2) is 0 Å². The molecule has 0 unspecified atom stereocenters. The predicted octanol–water partition coefficient (Wildman–Crippen LogP) is 6.64. The van der Waals surface area contributed by atoms with Crippen LogP contribution in [0.25, 0.3) is 11.1 Å². The fourth-order valence-corrected chi connectivity index (χ4v) is 7.02. The summed E-state index contributed by atoms with van der Waals surface area (Å²) in [5.41, 5.74) is 5.99. The van der Waals surface area contributed by atoms with Gasteiger partial charge in [0.05, 0.1) is 8.80 Å². The van der Waals surface area contributed by atoms with Crippen LogP contribution in [0.2, 0.25) is 12.1 Å². The van der Waals surface area contributed by atoms with Crippen LogP contribution in [-0.4, -0.2) is 15.4 Å². The maximum absolute atomic E-state index is 12.2. The SMILES string of the molecule is CC=C[Si@H]1CC[C@H](CCc2ccc(-c3ccc(OC(F)F)cc3)cc2)CC1. The molecule has 1 heterocycles. The van der Waals surface area contributed by atoms with E-state index in [1.54, 1.807) is 12.1 Å². The topological polar surface area (TPSA) is 9.23 Å². The molecule has 0 spiro atoms. The van der Waals surface area contributed by atoms with Crippen LogP contribution in [-0.2, 0) is 6.42 Å². The van der Waals surface area contributed by atoms with Gasteiger partial charge in [-0.25, -0.2) is 0 Å². The average molecular weight is 387 g/mol. The van der Waals surface area contributed by atoms with E-state index in [0.29, 0.717) is 0 Å². The number of allylic oxidation sites excluding steroid dienone is 1. The molecule has 4 heteroatoms. The molecule has 0 aliphatic carbocycles. The third-order valence-electron chi connectivity index (χ3n) is 5.56. The molecule has 2 aromatic carbocycles. The molecule has 3 rings (SSSR count). The molecule has 0 radical (unpaired) electrons. The number of rotatable bonds is 7. The van der Waals surface area contributed by atoms with Gasteiger partial charge in [0.25, 0.3) is 0 Å². The van der Waals surface area contributed by atoms with E-state index in [9.17, 15) is 8.78 Å². The number of hydrogen-bond acceptors (Lipinski definition) is 1. The molecular formula is C23H28F2OSi. The second kappa shape index (κ2) is 9.84. The summed E-state index contributed by atoms with van der Waals surface area (Å²) < 4.78 is 28.9. The molecule has 2 aromatic rings. The number of hydrogen-bond donors (Lipinski definition) is 0. The molecule has 0 saturated carbocycles. The molecule has 0 N–H and O–H groups in total. The average Bonchev–Trinajstić information content (AvgIpc) is 2.68. The molecule has 1 nitrogen and oxygen atoms in total. The summed E-state index contributed by atoms with van der Waals surface area (Å²) in [6.07, 6.45) is 7.49. The summed E-state index contributed by atoms with van der Waals surface area (Å²) in [6, 6.07) is 18.4. The first-order chi connectivity index (χ1) is 13.1. The Morgan fingerprint density at radius 2 is 1.59 bits per heavy atom. The normalized spacial score (nSPS) is 20.3. The number of aryl methyl sites for hydroxylation is 1. The Labute approximate surface area is 162 Å². The van der Waals surface area contributed by atoms with Crippen LogP contribution in [0.3, 0.4) is 0 Å². The molecule has 1 saturated heterocycles. The Hall–Kier alpha value is -1.94. The number of ether oxygens (including phenoxy) is 1. The zero-order valence-electron chi connectivity index (χ0n) is 15.9. The summed E-state index contributed by atoms with van der Waals surface area (Å²) >= 11 is 0. The van der Waals surface area contributed by atoms with Crippen molar-refractivity contribution in [2.45, 2.75) is 51.3 Å². The minimum absolute atomic E-state index is 0.192. The standard InChI is InChI=1S/C23H28F2OSi/c1-2-15-27-16-13-19(14-17-27)4-3-18-5-7-20(8-6-18)21-9-11-22(12-10-21)26-23(24)25/h2,5-12,15,19,23,27H,3-4,13-14,16-17H2,1H3/t19-,27-. The van der Waals surface area contributed by atoms with Crippen molar-refractivity contribution < 1.29 is 13.5 Å². The van der Waals surface area contributed by atoms with Crippen molar-refractivity contribution in [1.82, 2.24) is 0 Å². The molecular weight excluding hydrogens is 358 g/mol. The molecule has 0 bridgehead atoms. The van der Waals surface area contributed by atoms with Gasteiger partial charge in [-0.1, -0.05) is 67.4 Å². The van der Waals surface area contributed by atoms with Gasteiger partial charge in [-0.15, -0.1) is 5.70 Å². The van der Waals surface area contributed by atoms with Crippen LogP contribution in [0.15, 0.2) is 60.3 Å². The zero-order valence-corrected chi connectivity index (χ0v) is 17.1. The summed E-state index contributed by atoms with van der Waals surface area (Å²) in [4.78, 5) is 0. The molecule has 144 valence electrons. The van der Waals surface area contributed by atoms with Gasteiger partial charge in [-0.2, -0.15) is 8.78 Å². The van der Waals surface area contributed by atoms with Crippen LogP contribution in [0, 0.1) is 5.92 Å². The van der Waals surface area contributed by atoms with Crippen molar-refractivity contribution in [1.29, 1.82) is 0 Å². The van der Waals surface area contributed by atoms with Gasteiger partial charge >= 0.3 is 6.61 Å². The minimum atomic E-state index is -2.78. The van der Waals surface area contributed by atoms with Crippen molar-refractivity contribution >= 4 is 8.80 Å². The number of halogens is 2. The Morgan fingerprint density at radius 1 is 1.00 bits per heavy atom. The summed E-state index contributed by atoms with van der Waals surface area (Å²) in [5.74, 6) is 1.08. The van der Waals surface area contributed by atoms with E-state index in [1.807, 2.05) is 12.1 Å². The van der Waals surface area contributed by atoms with E-state index in [2.05, 4.69) is 47.7 Å². The first-order valence-corrected chi connectivity index (χ1v) is 12.2. The second-order valence-corrected chi connectivity index (χ2v) is 10.5. The lowest BCUT2D eigenvalue weighted by Gasteiger charge is -2.25. The van der Waals surface area contributed by atoms with Crippen molar-refractivity contribution in [3.8, 4) is 16.9 Å². The van der Waals surface area contributed by atoms with Crippen LogP contribution in [0.4, 0.5) is 8.78 Å². The maximum atomic E-state index is 12.2. The Bertz CT molecular complexity index is 717. The van der Waals surface area contributed by atoms with Crippen molar-refractivity contribution in [2.75, 3.05) is 0 Å². The van der Waals surface area contributed by atoms with E-state index < -0.39 is 15.4 Å². The molecule has 0 amide bonds. The molecule has 0 aromatic heterocycles. The van der Waals surface area contributed by atoms with Crippen LogP contribution < -0.4 is 4.74 Å². The van der Waals surface area contributed by atoms with Gasteiger partial charge in [-0.05, 0) is 54.5 Å². The van der Waals surface area contributed by atoms with E-state index in [1.165, 1.54) is 36.9 Å². The highest BCUT2D eigenvalue weighted by Crippen LogP contribution is 2.30. The monoisotopic (exact) mass is 386 g/mol. The lowest BCUT2D eigenvalue weighted by Crippen LogP contribution is -2.19. The summed E-state index contributed by atoms with van der Waals surface area (Å²) in [5, 5.41) is 0. The minimum Gasteiger partial charge on any atom is -0.435 e. The smallest absolute Gasteiger partial charge is 0.387 e. The summed E-state index contributed by atoms with van der Waals surface area (Å²) in [6.45, 7) is -0.635. The van der Waals surface area contributed by atoms with Gasteiger partial charge in [-0.3, -0.25) is 0 Å². The van der Waals surface area contributed by atoms with Crippen molar-refractivity contribution in [2.24, 2.45) is 5.92 Å². The number of alkyl halides is 2. The Morgan fingerprint density at radius 3 is 2.15 bits per heavy atom. The molecule has 1 aliphatic heterocycles. The third-order valence-corrected chi connectivity index (χ3v) is 8.64. The highest BCUT2D eigenvalue weighted by Gasteiger charge is 2.20. The maximum Gasteiger partial charge on any atom is 0.387 e. The summed E-state index contributed by atoms with van der Waals surface area (Å²) in [7, 11) is -0.548. The van der Waals surface area contributed by atoms with Gasteiger partial charge in [0.2, 0.25) is 0 Å². The van der Waals surface area contributed by atoms with Crippen LogP contribution in [0.1, 0.15) is 31.7 Å². The fourth-order valence-electron chi connectivity index (χ4n) is 4.00. The highest BCUT2D eigenvalue weighted by molar-refractivity contribution is 6.64. The molecule has 27 heavy (non-hydrogen) atoms. The van der Waals surface area contributed by atoms with E-state index in [-0.39, 0.29) is 5.75 Å².